The maximum atomic E-state index is 13.1. The van der Waals surface area contributed by atoms with Crippen LogP contribution in [0, 0.1) is 5.82 Å². The SMILES string of the molecule is CN(C)c1ncccc1CN=C(N)N1CCN(c2ccc(F)cc2)CC1. The smallest absolute Gasteiger partial charge is 0.191 e. The summed E-state index contributed by atoms with van der Waals surface area (Å²) in [6, 6.07) is 10.5. The quantitative estimate of drug-likeness (QED) is 0.670. The molecule has 3 rings (SSSR count). The number of anilines is 2. The number of hydrogen-bond acceptors (Lipinski definition) is 4. The van der Waals surface area contributed by atoms with Crippen molar-refractivity contribution in [3.05, 3.63) is 54.0 Å². The molecule has 0 spiro atoms. The van der Waals surface area contributed by atoms with E-state index in [-0.39, 0.29) is 5.82 Å². The molecule has 1 aromatic carbocycles. The average Bonchev–Trinajstić information content (AvgIpc) is 2.67. The van der Waals surface area contributed by atoms with E-state index in [1.54, 1.807) is 6.20 Å². The van der Waals surface area contributed by atoms with Crippen LogP contribution in [0.25, 0.3) is 0 Å². The van der Waals surface area contributed by atoms with Gasteiger partial charge in [-0.25, -0.2) is 14.4 Å². The fourth-order valence-electron chi connectivity index (χ4n) is 3.07. The molecule has 1 aliphatic rings. The molecular formula is C19H25FN6. The zero-order valence-corrected chi connectivity index (χ0v) is 15.3. The van der Waals surface area contributed by atoms with Gasteiger partial charge in [0.25, 0.3) is 0 Å². The first-order valence-electron chi connectivity index (χ1n) is 8.71. The summed E-state index contributed by atoms with van der Waals surface area (Å²) < 4.78 is 13.1. The third-order valence-corrected chi connectivity index (χ3v) is 4.50. The van der Waals surface area contributed by atoms with Crippen LogP contribution in [-0.4, -0.2) is 56.1 Å². The molecule has 1 aliphatic heterocycles. The molecule has 138 valence electrons. The molecule has 0 unspecified atom stereocenters. The molecule has 7 heteroatoms. The lowest BCUT2D eigenvalue weighted by Gasteiger charge is -2.36. The lowest BCUT2D eigenvalue weighted by Crippen LogP contribution is -2.51. The molecule has 0 radical (unpaired) electrons. The van der Waals surface area contributed by atoms with Crippen LogP contribution in [0.5, 0.6) is 0 Å². The second kappa shape index (κ2) is 8.03. The number of rotatable bonds is 4. The molecule has 1 aromatic heterocycles. The van der Waals surface area contributed by atoms with Crippen LogP contribution in [0.1, 0.15) is 5.56 Å². The van der Waals surface area contributed by atoms with E-state index in [9.17, 15) is 4.39 Å². The fraction of sp³-hybridized carbons (Fsp3) is 0.368. The Morgan fingerprint density at radius 1 is 1.15 bits per heavy atom. The summed E-state index contributed by atoms with van der Waals surface area (Å²) in [6.07, 6.45) is 1.78. The van der Waals surface area contributed by atoms with E-state index in [2.05, 4.69) is 19.8 Å². The number of nitrogens with zero attached hydrogens (tertiary/aromatic N) is 5. The van der Waals surface area contributed by atoms with Crippen molar-refractivity contribution >= 4 is 17.5 Å². The van der Waals surface area contributed by atoms with E-state index >= 15 is 0 Å². The molecule has 0 bridgehead atoms. The van der Waals surface area contributed by atoms with Crippen LogP contribution in [0.4, 0.5) is 15.9 Å². The van der Waals surface area contributed by atoms with Gasteiger partial charge in [-0.1, -0.05) is 6.07 Å². The van der Waals surface area contributed by atoms with E-state index in [4.69, 9.17) is 5.73 Å². The minimum Gasteiger partial charge on any atom is -0.370 e. The second-order valence-corrected chi connectivity index (χ2v) is 6.51. The van der Waals surface area contributed by atoms with Crippen molar-refractivity contribution in [2.24, 2.45) is 10.7 Å². The summed E-state index contributed by atoms with van der Waals surface area (Å²) in [6.45, 7) is 3.75. The minimum atomic E-state index is -0.212. The molecule has 0 saturated carbocycles. The number of guanidine groups is 1. The van der Waals surface area contributed by atoms with Gasteiger partial charge in [-0.05, 0) is 30.3 Å². The standard InChI is InChI=1S/C19H25FN6/c1-24(2)18-15(4-3-9-22-18)14-23-19(21)26-12-10-25(11-13-26)17-7-5-16(20)6-8-17/h3-9H,10-14H2,1-2H3,(H2,21,23). The van der Waals surface area contributed by atoms with Crippen molar-refractivity contribution in [3.8, 4) is 0 Å². The number of aromatic nitrogens is 1. The molecule has 2 heterocycles. The Kier molecular flexibility index (Phi) is 5.55. The van der Waals surface area contributed by atoms with Gasteiger partial charge in [-0.2, -0.15) is 0 Å². The molecule has 26 heavy (non-hydrogen) atoms. The Balaban J connectivity index is 1.59. The zero-order valence-electron chi connectivity index (χ0n) is 15.3. The van der Waals surface area contributed by atoms with Gasteiger partial charge < -0.3 is 20.4 Å². The summed E-state index contributed by atoms with van der Waals surface area (Å²) in [5.41, 5.74) is 8.28. The van der Waals surface area contributed by atoms with Crippen molar-refractivity contribution in [2.45, 2.75) is 6.54 Å². The highest BCUT2D eigenvalue weighted by molar-refractivity contribution is 5.78. The van der Waals surface area contributed by atoms with Gasteiger partial charge in [0.05, 0.1) is 6.54 Å². The Morgan fingerprint density at radius 2 is 1.85 bits per heavy atom. The molecular weight excluding hydrogens is 331 g/mol. The number of benzene rings is 1. The van der Waals surface area contributed by atoms with Crippen LogP contribution in [0.3, 0.4) is 0 Å². The van der Waals surface area contributed by atoms with Gasteiger partial charge in [0.15, 0.2) is 5.96 Å². The minimum absolute atomic E-state index is 0.212. The van der Waals surface area contributed by atoms with Crippen molar-refractivity contribution < 1.29 is 4.39 Å². The number of aliphatic imine (C=N–C) groups is 1. The topological polar surface area (TPSA) is 61.0 Å². The monoisotopic (exact) mass is 356 g/mol. The maximum absolute atomic E-state index is 13.1. The molecule has 2 N–H and O–H groups in total. The van der Waals surface area contributed by atoms with Gasteiger partial charge in [-0.15, -0.1) is 0 Å². The summed E-state index contributed by atoms with van der Waals surface area (Å²) >= 11 is 0. The molecule has 1 saturated heterocycles. The fourth-order valence-corrected chi connectivity index (χ4v) is 3.07. The highest BCUT2D eigenvalue weighted by Crippen LogP contribution is 2.18. The third-order valence-electron chi connectivity index (χ3n) is 4.50. The van der Waals surface area contributed by atoms with Crippen molar-refractivity contribution in [2.75, 3.05) is 50.1 Å². The first kappa shape index (κ1) is 18.0. The van der Waals surface area contributed by atoms with Crippen LogP contribution in [0.2, 0.25) is 0 Å². The molecule has 0 atom stereocenters. The van der Waals surface area contributed by atoms with Gasteiger partial charge in [0.2, 0.25) is 0 Å². The van der Waals surface area contributed by atoms with Gasteiger partial charge >= 0.3 is 0 Å². The maximum Gasteiger partial charge on any atom is 0.191 e. The third kappa shape index (κ3) is 4.22. The summed E-state index contributed by atoms with van der Waals surface area (Å²) in [5, 5.41) is 0. The van der Waals surface area contributed by atoms with Crippen molar-refractivity contribution in [1.82, 2.24) is 9.88 Å². The first-order valence-corrected chi connectivity index (χ1v) is 8.71. The van der Waals surface area contributed by atoms with E-state index in [0.29, 0.717) is 12.5 Å². The highest BCUT2D eigenvalue weighted by Gasteiger charge is 2.18. The number of pyridine rings is 1. The van der Waals surface area contributed by atoms with Crippen LogP contribution >= 0.6 is 0 Å². The Morgan fingerprint density at radius 3 is 2.50 bits per heavy atom. The molecule has 0 amide bonds. The molecule has 0 aliphatic carbocycles. The Labute approximate surface area is 153 Å². The number of hydrogen-bond donors (Lipinski definition) is 1. The van der Waals surface area contributed by atoms with Crippen LogP contribution in [-0.2, 0) is 6.54 Å². The molecule has 6 nitrogen and oxygen atoms in total. The Hall–Kier alpha value is -2.83. The number of halogens is 1. The summed E-state index contributed by atoms with van der Waals surface area (Å²) in [5.74, 6) is 1.25. The second-order valence-electron chi connectivity index (χ2n) is 6.51. The van der Waals surface area contributed by atoms with Crippen LogP contribution < -0.4 is 15.5 Å². The van der Waals surface area contributed by atoms with E-state index < -0.39 is 0 Å². The van der Waals surface area contributed by atoms with Crippen molar-refractivity contribution in [1.29, 1.82) is 0 Å². The molecule has 2 aromatic rings. The summed E-state index contributed by atoms with van der Waals surface area (Å²) in [4.78, 5) is 15.2. The average molecular weight is 356 g/mol. The Bertz CT molecular complexity index is 751. The molecule has 1 fully saturated rings. The zero-order chi connectivity index (χ0) is 18.5. The van der Waals surface area contributed by atoms with Crippen molar-refractivity contribution in [3.63, 3.8) is 0 Å². The number of piperazine rings is 1. The first-order chi connectivity index (χ1) is 12.5. The summed E-state index contributed by atoms with van der Waals surface area (Å²) in [7, 11) is 3.93. The number of nitrogens with two attached hydrogens (primary N) is 1. The predicted octanol–water partition coefficient (Wildman–Crippen LogP) is 1.92. The predicted molar refractivity (Wildman–Crippen MR) is 104 cm³/mol. The lowest BCUT2D eigenvalue weighted by molar-refractivity contribution is 0.380. The van der Waals surface area contributed by atoms with E-state index in [1.807, 2.05) is 43.3 Å². The largest absolute Gasteiger partial charge is 0.370 e. The highest BCUT2D eigenvalue weighted by atomic mass is 19.1. The van der Waals surface area contributed by atoms with Gasteiger partial charge in [-0.3, -0.25) is 0 Å². The van der Waals surface area contributed by atoms with E-state index in [1.165, 1.54) is 12.1 Å². The van der Waals surface area contributed by atoms with Crippen LogP contribution in [0.15, 0.2) is 47.6 Å². The van der Waals surface area contributed by atoms with Gasteiger partial charge in [0, 0.05) is 57.7 Å². The van der Waals surface area contributed by atoms with Gasteiger partial charge in [0.1, 0.15) is 11.6 Å². The normalized spacial score (nSPS) is 15.3. The lowest BCUT2D eigenvalue weighted by atomic mass is 10.2. The van der Waals surface area contributed by atoms with E-state index in [0.717, 1.165) is 43.2 Å².